The van der Waals surface area contributed by atoms with Gasteiger partial charge in [0, 0.05) is 24.5 Å². The van der Waals surface area contributed by atoms with Gasteiger partial charge in [-0.15, -0.1) is 0 Å². The Morgan fingerprint density at radius 1 is 1.12 bits per heavy atom. The lowest BCUT2D eigenvalue weighted by Crippen LogP contribution is -2.47. The van der Waals surface area contributed by atoms with Crippen molar-refractivity contribution in [1.82, 2.24) is 10.6 Å². The Bertz CT molecular complexity index is 190. The van der Waals surface area contributed by atoms with Gasteiger partial charge in [0.05, 0.1) is 0 Å². The third-order valence-corrected chi connectivity index (χ3v) is 3.34. The second-order valence-electron chi connectivity index (χ2n) is 4.75. The molecule has 0 fully saturated rings. The molecule has 0 heterocycles. The summed E-state index contributed by atoms with van der Waals surface area (Å²) >= 11 is 0. The molecular weight excluding hydrogens is 200 g/mol. The van der Waals surface area contributed by atoms with E-state index in [4.69, 9.17) is 0 Å². The predicted octanol–water partition coefficient (Wildman–Crippen LogP) is 2.46. The van der Waals surface area contributed by atoms with Gasteiger partial charge in [-0.3, -0.25) is 4.79 Å². The molecular formula is C13H28N2O. The minimum Gasteiger partial charge on any atom is -0.351 e. The maximum Gasteiger partial charge on any atom is 0.221 e. The Hall–Kier alpha value is -0.570. The van der Waals surface area contributed by atoms with Crippen LogP contribution in [0.2, 0.25) is 0 Å². The summed E-state index contributed by atoms with van der Waals surface area (Å²) in [6.45, 7) is 11.4. The van der Waals surface area contributed by atoms with Crippen LogP contribution < -0.4 is 10.6 Å². The summed E-state index contributed by atoms with van der Waals surface area (Å²) in [4.78, 5) is 11.8. The van der Waals surface area contributed by atoms with Gasteiger partial charge < -0.3 is 10.6 Å². The van der Waals surface area contributed by atoms with Crippen molar-refractivity contribution in [3.05, 3.63) is 0 Å². The Morgan fingerprint density at radius 2 is 1.62 bits per heavy atom. The van der Waals surface area contributed by atoms with E-state index >= 15 is 0 Å². The van der Waals surface area contributed by atoms with Crippen molar-refractivity contribution in [2.75, 3.05) is 6.54 Å². The summed E-state index contributed by atoms with van der Waals surface area (Å²) in [7, 11) is 0. The lowest BCUT2D eigenvalue weighted by Gasteiger charge is -2.31. The first kappa shape index (κ1) is 15.4. The molecule has 0 bridgehead atoms. The van der Waals surface area contributed by atoms with E-state index in [-0.39, 0.29) is 11.4 Å². The fourth-order valence-electron chi connectivity index (χ4n) is 1.85. The molecule has 1 amide bonds. The predicted molar refractivity (Wildman–Crippen MR) is 69.5 cm³/mol. The number of carbonyl (C=O) groups excluding carboxylic acids is 1. The summed E-state index contributed by atoms with van der Waals surface area (Å²) < 4.78 is 0. The zero-order valence-corrected chi connectivity index (χ0v) is 11.5. The van der Waals surface area contributed by atoms with Gasteiger partial charge in [0.1, 0.15) is 0 Å². The van der Waals surface area contributed by atoms with E-state index in [0.29, 0.717) is 12.5 Å². The average molecular weight is 228 g/mol. The molecule has 0 saturated carbocycles. The third-order valence-electron chi connectivity index (χ3n) is 3.34. The van der Waals surface area contributed by atoms with Crippen LogP contribution in [-0.2, 0) is 4.79 Å². The van der Waals surface area contributed by atoms with Crippen LogP contribution in [0.3, 0.4) is 0 Å². The fourth-order valence-corrected chi connectivity index (χ4v) is 1.85. The highest BCUT2D eigenvalue weighted by molar-refractivity contribution is 5.76. The van der Waals surface area contributed by atoms with Crippen molar-refractivity contribution >= 4 is 5.91 Å². The highest BCUT2D eigenvalue weighted by Crippen LogP contribution is 2.19. The first-order valence-corrected chi connectivity index (χ1v) is 6.54. The molecule has 0 aromatic heterocycles. The summed E-state index contributed by atoms with van der Waals surface area (Å²) in [6, 6.07) is 0.445. The first-order valence-electron chi connectivity index (χ1n) is 6.54. The summed E-state index contributed by atoms with van der Waals surface area (Å²) in [5.74, 6) is 0.165. The van der Waals surface area contributed by atoms with Crippen molar-refractivity contribution in [1.29, 1.82) is 0 Å². The molecule has 0 aromatic carbocycles. The molecule has 0 radical (unpaired) electrons. The molecule has 0 atom stereocenters. The lowest BCUT2D eigenvalue weighted by molar-refractivity contribution is -0.123. The minimum absolute atomic E-state index is 0.00884. The van der Waals surface area contributed by atoms with Gasteiger partial charge in [0.25, 0.3) is 0 Å². The monoisotopic (exact) mass is 228 g/mol. The van der Waals surface area contributed by atoms with Gasteiger partial charge >= 0.3 is 0 Å². The summed E-state index contributed by atoms with van der Waals surface area (Å²) in [5, 5.41) is 6.43. The molecule has 0 rings (SSSR count). The van der Waals surface area contributed by atoms with Crippen molar-refractivity contribution in [3.8, 4) is 0 Å². The zero-order chi connectivity index (χ0) is 12.6. The highest BCUT2D eigenvalue weighted by Gasteiger charge is 2.25. The van der Waals surface area contributed by atoms with Crippen LogP contribution in [0.15, 0.2) is 0 Å². The number of amides is 1. The molecule has 3 heteroatoms. The minimum atomic E-state index is 0.00884. The van der Waals surface area contributed by atoms with Crippen molar-refractivity contribution in [2.24, 2.45) is 0 Å². The normalized spacial score (nSPS) is 11.9. The zero-order valence-electron chi connectivity index (χ0n) is 11.5. The maximum absolute atomic E-state index is 11.8. The molecule has 16 heavy (non-hydrogen) atoms. The van der Waals surface area contributed by atoms with Crippen LogP contribution in [0.25, 0.3) is 0 Å². The Kier molecular flexibility index (Phi) is 7.39. The van der Waals surface area contributed by atoms with Gasteiger partial charge in [-0.1, -0.05) is 34.6 Å². The molecule has 0 saturated heterocycles. The third kappa shape index (κ3) is 5.50. The molecule has 0 aliphatic rings. The van der Waals surface area contributed by atoms with Crippen LogP contribution in [0.4, 0.5) is 0 Å². The number of rotatable bonds is 8. The second-order valence-corrected chi connectivity index (χ2v) is 4.75. The van der Waals surface area contributed by atoms with Gasteiger partial charge in [0.15, 0.2) is 0 Å². The Labute approximate surface area is 100 Å². The molecule has 0 aromatic rings. The second kappa shape index (κ2) is 7.66. The van der Waals surface area contributed by atoms with Crippen LogP contribution in [0, 0.1) is 0 Å². The van der Waals surface area contributed by atoms with E-state index in [9.17, 15) is 4.79 Å². The molecule has 3 nitrogen and oxygen atoms in total. The fraction of sp³-hybridized carbons (Fsp3) is 0.923. The lowest BCUT2D eigenvalue weighted by atomic mass is 9.89. The van der Waals surface area contributed by atoms with Crippen LogP contribution in [0.1, 0.15) is 60.3 Å². The molecule has 2 N–H and O–H groups in total. The molecule has 96 valence electrons. The molecule has 0 unspecified atom stereocenters. The van der Waals surface area contributed by atoms with Crippen LogP contribution >= 0.6 is 0 Å². The van der Waals surface area contributed by atoms with Gasteiger partial charge in [-0.2, -0.15) is 0 Å². The topological polar surface area (TPSA) is 41.1 Å². The highest BCUT2D eigenvalue weighted by atomic mass is 16.1. The van der Waals surface area contributed by atoms with Crippen molar-refractivity contribution in [3.63, 3.8) is 0 Å². The quantitative estimate of drug-likeness (QED) is 0.670. The smallest absolute Gasteiger partial charge is 0.221 e. The van der Waals surface area contributed by atoms with E-state index < -0.39 is 0 Å². The van der Waals surface area contributed by atoms with E-state index in [1.165, 1.54) is 0 Å². The molecule has 0 aliphatic carbocycles. The van der Waals surface area contributed by atoms with E-state index in [0.717, 1.165) is 25.8 Å². The van der Waals surface area contributed by atoms with Crippen molar-refractivity contribution < 1.29 is 4.79 Å². The Morgan fingerprint density at radius 3 is 2.00 bits per heavy atom. The summed E-state index contributed by atoms with van der Waals surface area (Å²) in [5.41, 5.74) is 0.00884. The Balaban J connectivity index is 4.01. The molecule has 0 aliphatic heterocycles. The van der Waals surface area contributed by atoms with E-state index in [1.807, 2.05) is 0 Å². The standard InChI is InChI=1S/C13H28N2O/c1-6-13(7-2,8-3)15-12(16)9-10-14-11(4)5/h11,14H,6-10H2,1-5H3,(H,15,16). The van der Waals surface area contributed by atoms with Crippen LogP contribution in [0.5, 0.6) is 0 Å². The maximum atomic E-state index is 11.8. The first-order chi connectivity index (χ1) is 7.49. The summed E-state index contributed by atoms with van der Waals surface area (Å²) in [6.07, 6.45) is 3.58. The van der Waals surface area contributed by atoms with Crippen molar-refractivity contribution in [2.45, 2.75) is 71.9 Å². The average Bonchev–Trinajstić information content (AvgIpc) is 2.25. The van der Waals surface area contributed by atoms with E-state index in [2.05, 4.69) is 45.3 Å². The van der Waals surface area contributed by atoms with E-state index in [1.54, 1.807) is 0 Å². The number of carbonyl (C=O) groups is 1. The molecule has 0 spiro atoms. The van der Waals surface area contributed by atoms with Gasteiger partial charge in [0.2, 0.25) is 5.91 Å². The largest absolute Gasteiger partial charge is 0.351 e. The van der Waals surface area contributed by atoms with Gasteiger partial charge in [-0.25, -0.2) is 0 Å². The number of nitrogens with one attached hydrogen (secondary N) is 2. The number of hydrogen-bond donors (Lipinski definition) is 2. The number of hydrogen-bond acceptors (Lipinski definition) is 2. The SMILES string of the molecule is CCC(CC)(CC)NC(=O)CCNC(C)C. The van der Waals surface area contributed by atoms with Crippen LogP contribution in [-0.4, -0.2) is 24.0 Å². The van der Waals surface area contributed by atoms with Gasteiger partial charge in [-0.05, 0) is 19.3 Å².